The molecule has 3 N–H and O–H groups in total. The Kier molecular flexibility index (Phi) is 8.87. The van der Waals surface area contributed by atoms with Gasteiger partial charge >= 0.3 is 11.9 Å². The van der Waals surface area contributed by atoms with Crippen molar-refractivity contribution in [3.8, 4) is 0 Å². The van der Waals surface area contributed by atoms with E-state index in [9.17, 15) is 19.2 Å². The molecule has 0 saturated carbocycles. The van der Waals surface area contributed by atoms with E-state index in [0.717, 1.165) is 0 Å². The number of hydrogen-bond donors (Lipinski definition) is 3. The Morgan fingerprint density at radius 2 is 1.66 bits per heavy atom. The maximum absolute atomic E-state index is 12.5. The minimum Gasteiger partial charge on any atom is -0.462 e. The summed E-state index contributed by atoms with van der Waals surface area (Å²) in [6.07, 6.45) is 0.309. The highest BCUT2D eigenvalue weighted by Crippen LogP contribution is 2.23. The van der Waals surface area contributed by atoms with Gasteiger partial charge in [0.2, 0.25) is 11.8 Å². The lowest BCUT2D eigenvalue weighted by Gasteiger charge is -2.19. The molecule has 162 valence electrons. The minimum absolute atomic E-state index is 0.0974. The molecule has 0 aliphatic rings. The van der Waals surface area contributed by atoms with Crippen molar-refractivity contribution < 1.29 is 28.7 Å². The van der Waals surface area contributed by atoms with Gasteiger partial charge in [0, 0.05) is 32.1 Å². The Labute approximate surface area is 170 Å². The van der Waals surface area contributed by atoms with Gasteiger partial charge in [0.05, 0.1) is 12.2 Å². The van der Waals surface area contributed by atoms with E-state index in [4.69, 9.17) is 9.47 Å². The van der Waals surface area contributed by atoms with Crippen LogP contribution >= 0.6 is 0 Å². The first kappa shape index (κ1) is 24.2. The van der Waals surface area contributed by atoms with Gasteiger partial charge in [-0.1, -0.05) is 0 Å². The summed E-state index contributed by atoms with van der Waals surface area (Å²) in [5.74, 6) is -1.55. The summed E-state index contributed by atoms with van der Waals surface area (Å²) >= 11 is 0. The van der Waals surface area contributed by atoms with E-state index in [-0.39, 0.29) is 42.5 Å². The van der Waals surface area contributed by atoms with E-state index in [1.54, 1.807) is 34.6 Å². The molecule has 0 saturated heterocycles. The minimum atomic E-state index is -0.688. The molecule has 0 bridgehead atoms. The molecule has 0 radical (unpaired) electrons. The zero-order chi connectivity index (χ0) is 22.2. The Morgan fingerprint density at radius 3 is 2.21 bits per heavy atom. The highest BCUT2D eigenvalue weighted by Gasteiger charge is 2.28. The second-order valence-corrected chi connectivity index (χ2v) is 7.53. The molecule has 9 heteroatoms. The predicted octanol–water partition coefficient (Wildman–Crippen LogP) is 1.64. The summed E-state index contributed by atoms with van der Waals surface area (Å²) in [7, 11) is 0. The Morgan fingerprint density at radius 1 is 1.03 bits per heavy atom. The van der Waals surface area contributed by atoms with Crippen LogP contribution in [0.25, 0.3) is 0 Å². The number of ether oxygens (including phenoxy) is 2. The Bertz CT molecular complexity index is 761. The van der Waals surface area contributed by atoms with Crippen LogP contribution in [0.5, 0.6) is 0 Å². The number of hydrogen-bond acceptors (Lipinski definition) is 6. The zero-order valence-corrected chi connectivity index (χ0v) is 18.0. The van der Waals surface area contributed by atoms with Crippen molar-refractivity contribution >= 4 is 23.8 Å². The lowest BCUT2D eigenvalue weighted by molar-refractivity contribution is -0.122. The van der Waals surface area contributed by atoms with E-state index in [1.165, 1.54) is 6.92 Å². The Hall–Kier alpha value is -2.84. The van der Waals surface area contributed by atoms with Crippen LogP contribution < -0.4 is 10.6 Å². The van der Waals surface area contributed by atoms with Crippen LogP contribution in [-0.2, 0) is 25.5 Å². The molecular formula is C20H31N3O6. The number of aromatic amines is 1. The molecule has 2 amide bonds. The smallest absolute Gasteiger partial charge is 0.355 e. The number of carbonyl (C=O) groups excluding carboxylic acids is 4. The molecule has 0 aliphatic carbocycles. The third-order valence-corrected chi connectivity index (χ3v) is 3.83. The molecule has 1 heterocycles. The predicted molar refractivity (Wildman–Crippen MR) is 107 cm³/mol. The molecule has 0 atom stereocenters. The third-order valence-electron chi connectivity index (χ3n) is 3.83. The third kappa shape index (κ3) is 7.97. The number of amides is 2. The zero-order valence-electron chi connectivity index (χ0n) is 18.0. The first-order valence-electron chi connectivity index (χ1n) is 9.59. The first-order valence-corrected chi connectivity index (χ1v) is 9.59. The number of carbonyl (C=O) groups is 4. The van der Waals surface area contributed by atoms with Gasteiger partial charge in [-0.05, 0) is 46.6 Å². The Balaban J connectivity index is 2.92. The molecule has 0 unspecified atom stereocenters. The van der Waals surface area contributed by atoms with Crippen molar-refractivity contribution in [3.63, 3.8) is 0 Å². The van der Waals surface area contributed by atoms with E-state index in [2.05, 4.69) is 15.6 Å². The molecule has 1 aromatic rings. The highest BCUT2D eigenvalue weighted by atomic mass is 16.6. The molecule has 0 fully saturated rings. The SMILES string of the molecule is CCOC(=O)c1c(CCC(=O)NCCNC(C)=O)[nH]c(C(=O)OC(C)(C)C)c1C. The molecule has 9 nitrogen and oxygen atoms in total. The van der Waals surface area contributed by atoms with E-state index >= 15 is 0 Å². The second kappa shape index (κ2) is 10.6. The van der Waals surface area contributed by atoms with Gasteiger partial charge in [-0.3, -0.25) is 9.59 Å². The van der Waals surface area contributed by atoms with Crippen molar-refractivity contribution in [1.82, 2.24) is 15.6 Å². The second-order valence-electron chi connectivity index (χ2n) is 7.53. The van der Waals surface area contributed by atoms with Gasteiger partial charge in [0.1, 0.15) is 11.3 Å². The molecule has 0 aliphatic heterocycles. The van der Waals surface area contributed by atoms with Crippen molar-refractivity contribution in [2.75, 3.05) is 19.7 Å². The van der Waals surface area contributed by atoms with Crippen LogP contribution in [-0.4, -0.2) is 54.0 Å². The number of aromatic nitrogens is 1. The number of esters is 2. The average Bonchev–Trinajstić information content (AvgIpc) is 2.92. The largest absolute Gasteiger partial charge is 0.462 e. The summed E-state index contributed by atoms with van der Waals surface area (Å²) in [5, 5.41) is 5.26. The van der Waals surface area contributed by atoms with Gasteiger partial charge in [-0.15, -0.1) is 0 Å². The fraction of sp³-hybridized carbons (Fsp3) is 0.600. The first-order chi connectivity index (χ1) is 13.5. The molecule has 0 aromatic carbocycles. The summed E-state index contributed by atoms with van der Waals surface area (Å²) in [5.41, 5.74) is 0.604. The van der Waals surface area contributed by atoms with Gasteiger partial charge in [-0.25, -0.2) is 9.59 Å². The monoisotopic (exact) mass is 409 g/mol. The maximum Gasteiger partial charge on any atom is 0.355 e. The molecular weight excluding hydrogens is 378 g/mol. The molecule has 1 aromatic heterocycles. The van der Waals surface area contributed by atoms with Crippen LogP contribution in [0.2, 0.25) is 0 Å². The van der Waals surface area contributed by atoms with E-state index in [1.807, 2.05) is 0 Å². The fourth-order valence-corrected chi connectivity index (χ4v) is 2.63. The number of aryl methyl sites for hydroxylation is 1. The standard InChI is InChI=1S/C20H31N3O6/c1-7-28-18(26)16-12(2)17(19(27)29-20(4,5)6)23-14(16)8-9-15(25)22-11-10-21-13(3)24/h23H,7-11H2,1-6H3,(H,21,24)(H,22,25). The summed E-state index contributed by atoms with van der Waals surface area (Å²) in [6, 6.07) is 0. The molecule has 29 heavy (non-hydrogen) atoms. The lowest BCUT2D eigenvalue weighted by Crippen LogP contribution is -2.33. The van der Waals surface area contributed by atoms with Crippen LogP contribution in [0.4, 0.5) is 0 Å². The van der Waals surface area contributed by atoms with Gasteiger partial charge in [0.15, 0.2) is 0 Å². The summed E-state index contributed by atoms with van der Waals surface area (Å²) in [4.78, 5) is 50.7. The van der Waals surface area contributed by atoms with Crippen LogP contribution in [0, 0.1) is 6.92 Å². The van der Waals surface area contributed by atoms with Crippen LogP contribution in [0.15, 0.2) is 0 Å². The number of rotatable bonds is 9. The van der Waals surface area contributed by atoms with Crippen molar-refractivity contribution in [2.24, 2.45) is 0 Å². The van der Waals surface area contributed by atoms with Gasteiger partial charge in [-0.2, -0.15) is 0 Å². The number of nitrogens with one attached hydrogen (secondary N) is 3. The van der Waals surface area contributed by atoms with Crippen LogP contribution in [0.3, 0.4) is 0 Å². The fourth-order valence-electron chi connectivity index (χ4n) is 2.63. The lowest BCUT2D eigenvalue weighted by atomic mass is 10.1. The van der Waals surface area contributed by atoms with Crippen molar-refractivity contribution in [1.29, 1.82) is 0 Å². The van der Waals surface area contributed by atoms with Gasteiger partial charge in [0.25, 0.3) is 0 Å². The number of H-pyrrole nitrogens is 1. The average molecular weight is 409 g/mol. The van der Waals surface area contributed by atoms with E-state index < -0.39 is 17.5 Å². The van der Waals surface area contributed by atoms with E-state index in [0.29, 0.717) is 24.3 Å². The topological polar surface area (TPSA) is 127 Å². The van der Waals surface area contributed by atoms with Crippen molar-refractivity contribution in [3.05, 3.63) is 22.5 Å². The van der Waals surface area contributed by atoms with Crippen LogP contribution in [0.1, 0.15) is 73.1 Å². The van der Waals surface area contributed by atoms with Crippen molar-refractivity contribution in [2.45, 2.75) is 60.0 Å². The highest BCUT2D eigenvalue weighted by molar-refractivity contribution is 5.98. The normalized spacial score (nSPS) is 11.0. The summed E-state index contributed by atoms with van der Waals surface area (Å²) in [6.45, 7) is 10.8. The van der Waals surface area contributed by atoms with Gasteiger partial charge < -0.3 is 25.1 Å². The quantitative estimate of drug-likeness (QED) is 0.420. The molecule has 1 rings (SSSR count). The maximum atomic E-state index is 12.5. The summed E-state index contributed by atoms with van der Waals surface area (Å²) < 4.78 is 10.5. The molecule has 0 spiro atoms.